The Bertz CT molecular complexity index is 591. The Hall–Kier alpha value is -1.62. The molecule has 1 rings (SSSR count). The Kier molecular flexibility index (Phi) is 4.89. The van der Waals surface area contributed by atoms with E-state index in [-0.39, 0.29) is 23.1 Å². The number of nitriles is 1. The van der Waals surface area contributed by atoms with Crippen molar-refractivity contribution in [3.05, 3.63) is 23.8 Å². The van der Waals surface area contributed by atoms with Crippen LogP contribution in [-0.4, -0.2) is 26.2 Å². The molecule has 0 saturated heterocycles. The van der Waals surface area contributed by atoms with Gasteiger partial charge in [-0.1, -0.05) is 13.8 Å². The van der Waals surface area contributed by atoms with Crippen LogP contribution in [0.15, 0.2) is 23.1 Å². The molecule has 104 valence electrons. The van der Waals surface area contributed by atoms with Crippen LogP contribution in [-0.2, 0) is 10.0 Å². The first-order valence-electron chi connectivity index (χ1n) is 5.74. The molecule has 1 atom stereocenters. The summed E-state index contributed by atoms with van der Waals surface area (Å²) in [6, 6.07) is 5.27. The molecule has 0 bridgehead atoms. The van der Waals surface area contributed by atoms with Crippen molar-refractivity contribution in [2.75, 3.05) is 12.3 Å². The smallest absolute Gasteiger partial charge is 0.242 e. The monoisotopic (exact) mass is 283 g/mol. The van der Waals surface area contributed by atoms with Gasteiger partial charge in [0.15, 0.2) is 0 Å². The number of aliphatic hydroxyl groups excluding tert-OH is 1. The second-order valence-electron chi connectivity index (χ2n) is 4.52. The fourth-order valence-electron chi connectivity index (χ4n) is 1.51. The van der Waals surface area contributed by atoms with E-state index >= 15 is 0 Å². The Labute approximate surface area is 112 Å². The largest absolute Gasteiger partial charge is 0.398 e. The lowest BCUT2D eigenvalue weighted by Gasteiger charge is -2.20. The molecule has 0 aliphatic carbocycles. The van der Waals surface area contributed by atoms with E-state index in [0.29, 0.717) is 5.56 Å². The van der Waals surface area contributed by atoms with Gasteiger partial charge < -0.3 is 10.8 Å². The van der Waals surface area contributed by atoms with Crippen LogP contribution in [0.3, 0.4) is 0 Å². The molecule has 0 spiro atoms. The molecule has 4 N–H and O–H groups in total. The standard InChI is InChI=1S/C12H17N3O3S/c1-8(2)11(7-16)15-19(17,18)12-4-3-9(6-13)5-10(12)14/h3-5,8,11,15-16H,7,14H2,1-2H3/t11-/m1/s1. The molecule has 6 nitrogen and oxygen atoms in total. The third-order valence-corrected chi connectivity index (χ3v) is 4.30. The van der Waals surface area contributed by atoms with E-state index in [2.05, 4.69) is 4.72 Å². The van der Waals surface area contributed by atoms with E-state index in [1.807, 2.05) is 6.07 Å². The van der Waals surface area contributed by atoms with Crippen molar-refractivity contribution in [2.45, 2.75) is 24.8 Å². The molecule has 0 unspecified atom stereocenters. The molecular formula is C12H17N3O3S. The Morgan fingerprint density at radius 1 is 1.47 bits per heavy atom. The van der Waals surface area contributed by atoms with Crippen LogP contribution < -0.4 is 10.5 Å². The van der Waals surface area contributed by atoms with Gasteiger partial charge in [0.25, 0.3) is 0 Å². The zero-order valence-corrected chi connectivity index (χ0v) is 11.6. The number of hydrogen-bond donors (Lipinski definition) is 3. The van der Waals surface area contributed by atoms with Crippen LogP contribution in [0.25, 0.3) is 0 Å². The van der Waals surface area contributed by atoms with Gasteiger partial charge in [-0.3, -0.25) is 0 Å². The zero-order chi connectivity index (χ0) is 14.6. The lowest BCUT2D eigenvalue weighted by molar-refractivity contribution is 0.227. The number of anilines is 1. The zero-order valence-electron chi connectivity index (χ0n) is 10.8. The van der Waals surface area contributed by atoms with Crippen molar-refractivity contribution >= 4 is 15.7 Å². The highest BCUT2D eigenvalue weighted by Crippen LogP contribution is 2.20. The number of nitrogens with one attached hydrogen (secondary N) is 1. The van der Waals surface area contributed by atoms with Gasteiger partial charge >= 0.3 is 0 Å². The van der Waals surface area contributed by atoms with Gasteiger partial charge in [0.1, 0.15) is 4.90 Å². The fourth-order valence-corrected chi connectivity index (χ4v) is 3.00. The molecule has 0 heterocycles. The number of nitrogen functional groups attached to an aromatic ring is 1. The minimum absolute atomic E-state index is 0.00648. The van der Waals surface area contributed by atoms with E-state index in [0.717, 1.165) is 0 Å². The minimum atomic E-state index is -3.82. The molecule has 0 aliphatic rings. The molecule has 0 amide bonds. The second kappa shape index (κ2) is 6.02. The summed E-state index contributed by atoms with van der Waals surface area (Å²) in [5, 5.41) is 17.9. The first kappa shape index (κ1) is 15.4. The molecule has 0 radical (unpaired) electrons. The first-order valence-corrected chi connectivity index (χ1v) is 7.23. The average molecular weight is 283 g/mol. The lowest BCUT2D eigenvalue weighted by Crippen LogP contribution is -2.41. The van der Waals surface area contributed by atoms with E-state index in [4.69, 9.17) is 16.1 Å². The van der Waals surface area contributed by atoms with Gasteiger partial charge in [-0.2, -0.15) is 5.26 Å². The highest BCUT2D eigenvalue weighted by molar-refractivity contribution is 7.89. The summed E-state index contributed by atoms with van der Waals surface area (Å²) in [5.41, 5.74) is 5.94. The molecule has 7 heteroatoms. The van der Waals surface area contributed by atoms with Gasteiger partial charge in [-0.15, -0.1) is 0 Å². The van der Waals surface area contributed by atoms with Crippen molar-refractivity contribution in [1.82, 2.24) is 4.72 Å². The SMILES string of the molecule is CC(C)[C@@H](CO)NS(=O)(=O)c1ccc(C#N)cc1N. The summed E-state index contributed by atoms with van der Waals surface area (Å²) in [6.45, 7) is 3.30. The van der Waals surface area contributed by atoms with Gasteiger partial charge in [0.05, 0.1) is 23.9 Å². The number of hydrogen-bond acceptors (Lipinski definition) is 5. The second-order valence-corrected chi connectivity index (χ2v) is 6.20. The van der Waals surface area contributed by atoms with Gasteiger partial charge in [0.2, 0.25) is 10.0 Å². The normalized spacial score (nSPS) is 13.2. The quantitative estimate of drug-likeness (QED) is 0.678. The molecule has 1 aromatic rings. The number of rotatable bonds is 5. The number of nitrogens with two attached hydrogens (primary N) is 1. The van der Waals surface area contributed by atoms with Crippen LogP contribution in [0.5, 0.6) is 0 Å². The van der Waals surface area contributed by atoms with E-state index < -0.39 is 16.1 Å². The topological polar surface area (TPSA) is 116 Å². The number of benzene rings is 1. The molecule has 19 heavy (non-hydrogen) atoms. The van der Waals surface area contributed by atoms with Gasteiger partial charge in [-0.05, 0) is 24.1 Å². The summed E-state index contributed by atoms with van der Waals surface area (Å²) in [5.74, 6) is -0.0561. The van der Waals surface area contributed by atoms with Crippen LogP contribution in [0.4, 0.5) is 5.69 Å². The first-order chi connectivity index (χ1) is 8.81. The maximum atomic E-state index is 12.1. The van der Waals surface area contributed by atoms with Gasteiger partial charge in [-0.25, -0.2) is 13.1 Å². The fraction of sp³-hybridized carbons (Fsp3) is 0.417. The maximum Gasteiger partial charge on any atom is 0.242 e. The van der Waals surface area contributed by atoms with Crippen molar-refractivity contribution in [1.29, 1.82) is 5.26 Å². The van der Waals surface area contributed by atoms with Crippen LogP contribution in [0.2, 0.25) is 0 Å². The summed E-state index contributed by atoms with van der Waals surface area (Å²) in [4.78, 5) is -0.0920. The molecular weight excluding hydrogens is 266 g/mol. The summed E-state index contributed by atoms with van der Waals surface area (Å²) in [7, 11) is -3.82. The number of aliphatic hydroxyl groups is 1. The highest BCUT2D eigenvalue weighted by Gasteiger charge is 2.23. The van der Waals surface area contributed by atoms with Crippen molar-refractivity contribution in [3.63, 3.8) is 0 Å². The average Bonchev–Trinajstić information content (AvgIpc) is 2.35. The van der Waals surface area contributed by atoms with E-state index in [1.165, 1.54) is 18.2 Å². The van der Waals surface area contributed by atoms with E-state index in [1.54, 1.807) is 13.8 Å². The molecule has 0 fully saturated rings. The molecule has 1 aromatic carbocycles. The van der Waals surface area contributed by atoms with Crippen molar-refractivity contribution < 1.29 is 13.5 Å². The molecule has 0 aromatic heterocycles. The lowest BCUT2D eigenvalue weighted by atomic mass is 10.1. The van der Waals surface area contributed by atoms with Crippen molar-refractivity contribution in [3.8, 4) is 6.07 Å². The van der Waals surface area contributed by atoms with Crippen LogP contribution >= 0.6 is 0 Å². The highest BCUT2D eigenvalue weighted by atomic mass is 32.2. The predicted molar refractivity (Wildman–Crippen MR) is 71.6 cm³/mol. The van der Waals surface area contributed by atoms with Crippen LogP contribution in [0.1, 0.15) is 19.4 Å². The Balaban J connectivity index is 3.11. The maximum absolute atomic E-state index is 12.1. The van der Waals surface area contributed by atoms with Crippen molar-refractivity contribution in [2.24, 2.45) is 5.92 Å². The summed E-state index contributed by atoms with van der Waals surface area (Å²) < 4.78 is 26.7. The summed E-state index contributed by atoms with van der Waals surface area (Å²) >= 11 is 0. The predicted octanol–water partition coefficient (Wildman–Crippen LogP) is 0.436. The Morgan fingerprint density at radius 2 is 2.11 bits per heavy atom. The molecule has 0 saturated carbocycles. The third kappa shape index (κ3) is 3.67. The van der Waals surface area contributed by atoms with Gasteiger partial charge in [0, 0.05) is 6.04 Å². The van der Waals surface area contributed by atoms with E-state index in [9.17, 15) is 8.42 Å². The summed E-state index contributed by atoms with van der Waals surface area (Å²) in [6.07, 6.45) is 0. The minimum Gasteiger partial charge on any atom is -0.398 e. The Morgan fingerprint density at radius 3 is 2.53 bits per heavy atom. The molecule has 0 aliphatic heterocycles. The van der Waals surface area contributed by atoms with Crippen LogP contribution in [0, 0.1) is 17.2 Å². The number of nitrogens with zero attached hydrogens (tertiary/aromatic N) is 1. The third-order valence-electron chi connectivity index (χ3n) is 2.74. The number of sulfonamides is 1.